The van der Waals surface area contributed by atoms with Crippen molar-refractivity contribution in [2.45, 2.75) is 37.2 Å². The number of sulfonamides is 1. The van der Waals surface area contributed by atoms with E-state index in [-0.39, 0.29) is 10.8 Å². The van der Waals surface area contributed by atoms with Gasteiger partial charge in [0.2, 0.25) is 10.0 Å². The predicted octanol–water partition coefficient (Wildman–Crippen LogP) is 4.21. The lowest BCUT2D eigenvalue weighted by atomic mass is 10.2. The van der Waals surface area contributed by atoms with Gasteiger partial charge in [0.05, 0.1) is 16.3 Å². The Labute approximate surface area is 192 Å². The van der Waals surface area contributed by atoms with Crippen molar-refractivity contribution in [3.63, 3.8) is 0 Å². The number of para-hydroxylation sites is 1. The Morgan fingerprint density at radius 3 is 2.44 bits per heavy atom. The van der Waals surface area contributed by atoms with E-state index in [1.807, 2.05) is 31.2 Å². The summed E-state index contributed by atoms with van der Waals surface area (Å²) in [5.74, 6) is 1.97. The first-order chi connectivity index (χ1) is 15.4. The molecular weight excluding hydrogens is 444 g/mol. The molecule has 0 saturated carbocycles. The highest BCUT2D eigenvalue weighted by Gasteiger charge is 2.26. The molecule has 0 unspecified atom stereocenters. The van der Waals surface area contributed by atoms with Crippen molar-refractivity contribution in [1.29, 1.82) is 0 Å². The molecule has 1 N–H and O–H groups in total. The Hall–Kier alpha value is -2.62. The zero-order valence-electron chi connectivity index (χ0n) is 18.3. The molecule has 32 heavy (non-hydrogen) atoms. The molecule has 0 spiro atoms. The Bertz CT molecular complexity index is 1250. The highest BCUT2D eigenvalue weighted by atomic mass is 32.2. The van der Waals surface area contributed by atoms with E-state index in [0.717, 1.165) is 34.0 Å². The molecule has 3 aromatic rings. The van der Waals surface area contributed by atoms with E-state index in [1.165, 1.54) is 16.4 Å². The average molecular weight is 471 g/mol. The minimum absolute atomic E-state index is 0.181. The minimum atomic E-state index is -3.56. The van der Waals surface area contributed by atoms with E-state index < -0.39 is 10.0 Å². The molecule has 1 aliphatic heterocycles. The molecule has 2 aromatic carbocycles. The zero-order valence-corrected chi connectivity index (χ0v) is 20.0. The summed E-state index contributed by atoms with van der Waals surface area (Å²) in [5, 5.41) is 7.77. The van der Waals surface area contributed by atoms with Gasteiger partial charge in [-0.05, 0) is 42.8 Å². The van der Waals surface area contributed by atoms with Crippen LogP contribution in [0.3, 0.4) is 0 Å². The van der Waals surface area contributed by atoms with Gasteiger partial charge >= 0.3 is 0 Å². The number of aryl methyl sites for hydroxylation is 1. The third-order valence-electron chi connectivity index (χ3n) is 5.59. The molecule has 0 radical (unpaired) electrons. The molecule has 1 amide bonds. The minimum Gasteiger partial charge on any atom is -0.306 e. The smallest absolute Gasteiger partial charge is 0.256 e. The Morgan fingerprint density at radius 2 is 1.78 bits per heavy atom. The Kier molecular flexibility index (Phi) is 6.41. The average Bonchev–Trinajstić information content (AvgIpc) is 3.37. The zero-order chi connectivity index (χ0) is 22.9. The molecule has 0 fully saturated rings. The summed E-state index contributed by atoms with van der Waals surface area (Å²) in [6, 6.07) is 14.0. The fourth-order valence-electron chi connectivity index (χ4n) is 3.79. The monoisotopic (exact) mass is 470 g/mol. The summed E-state index contributed by atoms with van der Waals surface area (Å²) < 4.78 is 28.6. The molecule has 1 aromatic heterocycles. The second-order valence-electron chi connectivity index (χ2n) is 7.53. The molecule has 0 bridgehead atoms. The van der Waals surface area contributed by atoms with Gasteiger partial charge in [-0.1, -0.05) is 32.0 Å². The van der Waals surface area contributed by atoms with Gasteiger partial charge in [0.15, 0.2) is 0 Å². The van der Waals surface area contributed by atoms with Crippen LogP contribution in [0, 0.1) is 6.92 Å². The van der Waals surface area contributed by atoms with Crippen LogP contribution in [0.25, 0.3) is 5.69 Å². The lowest BCUT2D eigenvalue weighted by Crippen LogP contribution is -2.30. The first-order valence-electron chi connectivity index (χ1n) is 10.5. The van der Waals surface area contributed by atoms with Gasteiger partial charge in [-0.3, -0.25) is 4.79 Å². The largest absolute Gasteiger partial charge is 0.306 e. The van der Waals surface area contributed by atoms with Gasteiger partial charge in [-0.15, -0.1) is 0 Å². The lowest BCUT2D eigenvalue weighted by Gasteiger charge is -2.18. The van der Waals surface area contributed by atoms with Crippen LogP contribution in [-0.4, -0.2) is 41.5 Å². The molecular formula is C23H26N4O3S2. The van der Waals surface area contributed by atoms with Crippen LogP contribution in [0.1, 0.15) is 41.0 Å². The number of fused-ring (bicyclic) bond motifs is 1. The SMILES string of the molecule is CCN(CC)S(=O)(=O)c1ccc(C(=O)Nc2c3c(nn2-c2ccccc2C)CSC3)cc1. The molecule has 2 heterocycles. The summed E-state index contributed by atoms with van der Waals surface area (Å²) >= 11 is 1.77. The van der Waals surface area contributed by atoms with E-state index in [1.54, 1.807) is 42.4 Å². The number of nitrogens with zero attached hydrogens (tertiary/aromatic N) is 3. The van der Waals surface area contributed by atoms with E-state index in [2.05, 4.69) is 5.32 Å². The summed E-state index contributed by atoms with van der Waals surface area (Å²) in [6.45, 7) is 6.41. The number of thioether (sulfide) groups is 1. The van der Waals surface area contributed by atoms with Crippen LogP contribution in [0.2, 0.25) is 0 Å². The first kappa shape index (κ1) is 22.6. The number of rotatable bonds is 7. The van der Waals surface area contributed by atoms with Crippen molar-refractivity contribution < 1.29 is 13.2 Å². The quantitative estimate of drug-likeness (QED) is 0.559. The first-order valence-corrected chi connectivity index (χ1v) is 13.1. The third kappa shape index (κ3) is 4.07. The van der Waals surface area contributed by atoms with Crippen LogP contribution >= 0.6 is 11.8 Å². The molecule has 0 aliphatic carbocycles. The van der Waals surface area contributed by atoms with Crippen molar-refractivity contribution in [2.75, 3.05) is 18.4 Å². The van der Waals surface area contributed by atoms with Gasteiger partial charge in [-0.25, -0.2) is 13.1 Å². The lowest BCUT2D eigenvalue weighted by molar-refractivity contribution is 0.102. The standard InChI is InChI=1S/C23H26N4O3S2/c1-4-26(5-2)32(29,30)18-12-10-17(11-13-18)23(28)24-22-19-14-31-15-20(19)25-27(22)21-9-7-6-8-16(21)3/h6-13H,4-5,14-15H2,1-3H3,(H,24,28). The van der Waals surface area contributed by atoms with Gasteiger partial charge in [0.25, 0.3) is 5.91 Å². The van der Waals surface area contributed by atoms with E-state index >= 15 is 0 Å². The molecule has 0 saturated heterocycles. The van der Waals surface area contributed by atoms with Gasteiger partial charge in [0, 0.05) is 35.7 Å². The van der Waals surface area contributed by atoms with Crippen molar-refractivity contribution in [3.8, 4) is 5.69 Å². The second kappa shape index (κ2) is 9.09. The van der Waals surface area contributed by atoms with Gasteiger partial charge in [0.1, 0.15) is 5.82 Å². The fourth-order valence-corrected chi connectivity index (χ4v) is 6.28. The van der Waals surface area contributed by atoms with Crippen molar-refractivity contribution >= 4 is 33.5 Å². The maximum atomic E-state index is 13.1. The fraction of sp³-hybridized carbons (Fsp3) is 0.304. The maximum absolute atomic E-state index is 13.1. The predicted molar refractivity (Wildman–Crippen MR) is 128 cm³/mol. The molecule has 9 heteroatoms. The van der Waals surface area contributed by atoms with Crippen LogP contribution < -0.4 is 5.32 Å². The Morgan fingerprint density at radius 1 is 1.09 bits per heavy atom. The third-order valence-corrected chi connectivity index (χ3v) is 8.62. The number of anilines is 1. The van der Waals surface area contributed by atoms with Crippen molar-refractivity contribution in [2.24, 2.45) is 0 Å². The summed E-state index contributed by atoms with van der Waals surface area (Å²) in [5.41, 5.74) is 4.38. The number of hydrogen-bond donors (Lipinski definition) is 1. The summed E-state index contributed by atoms with van der Waals surface area (Å²) in [4.78, 5) is 13.2. The van der Waals surface area contributed by atoms with Crippen LogP contribution in [0.5, 0.6) is 0 Å². The number of benzene rings is 2. The number of hydrogen-bond acceptors (Lipinski definition) is 5. The van der Waals surface area contributed by atoms with E-state index in [4.69, 9.17) is 5.10 Å². The highest BCUT2D eigenvalue weighted by molar-refractivity contribution is 7.98. The van der Waals surface area contributed by atoms with Crippen molar-refractivity contribution in [1.82, 2.24) is 14.1 Å². The summed E-state index contributed by atoms with van der Waals surface area (Å²) in [6.07, 6.45) is 0. The van der Waals surface area contributed by atoms with Crippen LogP contribution in [-0.2, 0) is 21.5 Å². The maximum Gasteiger partial charge on any atom is 0.256 e. The summed E-state index contributed by atoms with van der Waals surface area (Å²) in [7, 11) is -3.56. The van der Waals surface area contributed by atoms with E-state index in [0.29, 0.717) is 24.5 Å². The molecule has 1 aliphatic rings. The molecule has 0 atom stereocenters. The molecule has 4 rings (SSSR count). The van der Waals surface area contributed by atoms with Crippen molar-refractivity contribution in [3.05, 3.63) is 70.9 Å². The van der Waals surface area contributed by atoms with Gasteiger partial charge < -0.3 is 5.32 Å². The van der Waals surface area contributed by atoms with Gasteiger partial charge in [-0.2, -0.15) is 21.2 Å². The second-order valence-corrected chi connectivity index (χ2v) is 10.5. The number of carbonyl (C=O) groups is 1. The Balaban J connectivity index is 1.64. The molecule has 168 valence electrons. The van der Waals surface area contributed by atoms with Crippen LogP contribution in [0.15, 0.2) is 53.4 Å². The normalized spacial score (nSPS) is 13.4. The van der Waals surface area contributed by atoms with E-state index in [9.17, 15) is 13.2 Å². The molecule has 7 nitrogen and oxygen atoms in total. The number of carbonyl (C=O) groups excluding carboxylic acids is 1. The number of aromatic nitrogens is 2. The number of nitrogens with one attached hydrogen (secondary N) is 1. The topological polar surface area (TPSA) is 84.3 Å². The van der Waals surface area contributed by atoms with Crippen LogP contribution in [0.4, 0.5) is 5.82 Å². The highest BCUT2D eigenvalue weighted by Crippen LogP contribution is 2.36. The number of amides is 1.